The molecule has 0 radical (unpaired) electrons. The number of nitrogens with one attached hydrogen (secondary N) is 1. The third-order valence-electron chi connectivity index (χ3n) is 4.47. The molecule has 1 aliphatic heterocycles. The summed E-state index contributed by atoms with van der Waals surface area (Å²) in [4.78, 5) is 28.8. The molecule has 1 aromatic carbocycles. The fourth-order valence-electron chi connectivity index (χ4n) is 3.07. The van der Waals surface area contributed by atoms with Crippen LogP contribution in [0.15, 0.2) is 47.8 Å². The highest BCUT2D eigenvalue weighted by Gasteiger charge is 2.29. The molecule has 2 aromatic rings. The van der Waals surface area contributed by atoms with E-state index < -0.39 is 12.1 Å². The van der Waals surface area contributed by atoms with Crippen molar-refractivity contribution in [3.8, 4) is 0 Å². The number of thiophene rings is 1. The second-order valence-electron chi connectivity index (χ2n) is 6.14. The van der Waals surface area contributed by atoms with Crippen molar-refractivity contribution in [1.82, 2.24) is 10.2 Å². The molecular weight excluding hydrogens is 350 g/mol. The Morgan fingerprint density at radius 3 is 2.46 bits per heavy atom. The van der Waals surface area contributed by atoms with Crippen LogP contribution in [0.2, 0.25) is 0 Å². The van der Waals surface area contributed by atoms with Crippen LogP contribution in [0.5, 0.6) is 0 Å². The quantitative estimate of drug-likeness (QED) is 0.874. The number of rotatable bonds is 5. The van der Waals surface area contributed by atoms with Gasteiger partial charge in [0.1, 0.15) is 6.04 Å². The maximum Gasteiger partial charge on any atom is 0.407 e. The fraction of sp³-hybridized carbons (Fsp3) is 0.368. The van der Waals surface area contributed by atoms with Crippen molar-refractivity contribution in [3.05, 3.63) is 53.4 Å². The summed E-state index contributed by atoms with van der Waals surface area (Å²) in [6, 6.07) is 13.2. The van der Waals surface area contributed by atoms with Crippen LogP contribution in [-0.4, -0.2) is 56.2 Å². The molecule has 0 aliphatic carbocycles. The molecule has 138 valence electrons. The Bertz CT molecular complexity index is 713. The molecule has 0 spiro atoms. The molecule has 2 heterocycles. The van der Waals surface area contributed by atoms with Crippen LogP contribution in [0.25, 0.3) is 0 Å². The van der Waals surface area contributed by atoms with E-state index in [2.05, 4.69) is 21.7 Å². The number of carbonyl (C=O) groups is 2. The lowest BCUT2D eigenvalue weighted by molar-refractivity contribution is -0.133. The average Bonchev–Trinajstić information content (AvgIpc) is 3.22. The Morgan fingerprint density at radius 1 is 1.12 bits per heavy atom. The van der Waals surface area contributed by atoms with Gasteiger partial charge in [0, 0.05) is 32.6 Å². The summed E-state index contributed by atoms with van der Waals surface area (Å²) < 4.78 is 4.69. The lowest BCUT2D eigenvalue weighted by Gasteiger charge is -2.37. The van der Waals surface area contributed by atoms with Gasteiger partial charge in [-0.3, -0.25) is 4.79 Å². The van der Waals surface area contributed by atoms with Crippen molar-refractivity contribution in [3.63, 3.8) is 0 Å². The molecule has 1 fully saturated rings. The summed E-state index contributed by atoms with van der Waals surface area (Å²) in [7, 11) is 1.30. The van der Waals surface area contributed by atoms with E-state index >= 15 is 0 Å². The van der Waals surface area contributed by atoms with Gasteiger partial charge in [-0.05, 0) is 23.1 Å². The molecule has 1 aromatic heterocycles. The predicted molar refractivity (Wildman–Crippen MR) is 103 cm³/mol. The molecule has 2 amide bonds. The van der Waals surface area contributed by atoms with Crippen molar-refractivity contribution < 1.29 is 14.3 Å². The first kappa shape index (κ1) is 18.3. The van der Waals surface area contributed by atoms with Crippen molar-refractivity contribution >= 4 is 28.3 Å². The number of alkyl carbamates (subject to hydrolysis) is 1. The van der Waals surface area contributed by atoms with Gasteiger partial charge in [-0.1, -0.05) is 30.3 Å². The summed E-state index contributed by atoms with van der Waals surface area (Å²) in [6.07, 6.45) is -0.142. The molecule has 1 unspecified atom stereocenters. The zero-order chi connectivity index (χ0) is 18.4. The van der Waals surface area contributed by atoms with Gasteiger partial charge in [0.05, 0.1) is 12.1 Å². The van der Waals surface area contributed by atoms with Gasteiger partial charge in [-0.2, -0.15) is 0 Å². The lowest BCUT2D eigenvalue weighted by atomic mass is 10.0. The van der Waals surface area contributed by atoms with Crippen LogP contribution in [0.4, 0.5) is 9.80 Å². The lowest BCUT2D eigenvalue weighted by Crippen LogP contribution is -2.55. The number of anilines is 1. The van der Waals surface area contributed by atoms with Gasteiger partial charge in [-0.15, -0.1) is 11.3 Å². The maximum atomic E-state index is 13.0. The van der Waals surface area contributed by atoms with Crippen LogP contribution >= 0.6 is 11.3 Å². The summed E-state index contributed by atoms with van der Waals surface area (Å²) in [6.45, 7) is 2.88. The van der Waals surface area contributed by atoms with Crippen LogP contribution in [0.3, 0.4) is 0 Å². The number of piperazine rings is 1. The van der Waals surface area contributed by atoms with E-state index in [1.807, 2.05) is 41.3 Å². The van der Waals surface area contributed by atoms with Gasteiger partial charge in [-0.25, -0.2) is 4.79 Å². The normalized spacial score (nSPS) is 15.4. The Kier molecular flexibility index (Phi) is 6.12. The number of nitrogens with zero attached hydrogens (tertiary/aromatic N) is 2. The van der Waals surface area contributed by atoms with Crippen LogP contribution in [0.1, 0.15) is 5.56 Å². The van der Waals surface area contributed by atoms with Crippen molar-refractivity contribution in [2.75, 3.05) is 38.2 Å². The first-order valence-corrected chi connectivity index (χ1v) is 9.51. The zero-order valence-electron chi connectivity index (χ0n) is 14.8. The SMILES string of the molecule is COC(=O)NC(Cc1ccccc1)C(=O)N1CCN(c2cccs2)CC1. The number of hydrogen-bond donors (Lipinski definition) is 1. The topological polar surface area (TPSA) is 61.9 Å². The Hall–Kier alpha value is -2.54. The Balaban J connectivity index is 1.64. The maximum absolute atomic E-state index is 13.0. The number of carbonyl (C=O) groups excluding carboxylic acids is 2. The number of amides is 2. The molecule has 0 bridgehead atoms. The fourth-order valence-corrected chi connectivity index (χ4v) is 3.85. The van der Waals surface area contributed by atoms with E-state index in [0.717, 1.165) is 18.7 Å². The highest BCUT2D eigenvalue weighted by Crippen LogP contribution is 2.22. The van der Waals surface area contributed by atoms with Gasteiger partial charge < -0.3 is 19.9 Å². The Labute approximate surface area is 157 Å². The van der Waals surface area contributed by atoms with Crippen LogP contribution < -0.4 is 10.2 Å². The van der Waals surface area contributed by atoms with E-state index in [4.69, 9.17) is 4.74 Å². The molecule has 0 saturated carbocycles. The first-order valence-electron chi connectivity index (χ1n) is 8.63. The van der Waals surface area contributed by atoms with E-state index in [1.54, 1.807) is 11.3 Å². The largest absolute Gasteiger partial charge is 0.453 e. The highest BCUT2D eigenvalue weighted by atomic mass is 32.1. The highest BCUT2D eigenvalue weighted by molar-refractivity contribution is 7.14. The Morgan fingerprint density at radius 2 is 1.85 bits per heavy atom. The minimum atomic E-state index is -0.627. The van der Waals surface area contributed by atoms with Crippen molar-refractivity contribution in [2.24, 2.45) is 0 Å². The number of benzene rings is 1. The van der Waals surface area contributed by atoms with Crippen LogP contribution in [0, 0.1) is 0 Å². The van der Waals surface area contributed by atoms with E-state index in [-0.39, 0.29) is 5.91 Å². The van der Waals surface area contributed by atoms with E-state index in [0.29, 0.717) is 19.5 Å². The molecule has 6 nitrogen and oxygen atoms in total. The molecule has 26 heavy (non-hydrogen) atoms. The summed E-state index contributed by atoms with van der Waals surface area (Å²) in [5.74, 6) is -0.0647. The third-order valence-corrected chi connectivity index (χ3v) is 5.40. The van der Waals surface area contributed by atoms with E-state index in [1.165, 1.54) is 12.1 Å². The molecular formula is C19H23N3O3S. The minimum Gasteiger partial charge on any atom is -0.453 e. The summed E-state index contributed by atoms with van der Waals surface area (Å²) >= 11 is 1.71. The molecule has 1 aliphatic rings. The molecule has 1 atom stereocenters. The van der Waals surface area contributed by atoms with Crippen molar-refractivity contribution in [1.29, 1.82) is 0 Å². The number of methoxy groups -OCH3 is 1. The van der Waals surface area contributed by atoms with Gasteiger partial charge in [0.25, 0.3) is 0 Å². The monoisotopic (exact) mass is 373 g/mol. The smallest absolute Gasteiger partial charge is 0.407 e. The second-order valence-corrected chi connectivity index (χ2v) is 7.07. The molecule has 7 heteroatoms. The number of ether oxygens (including phenoxy) is 1. The predicted octanol–water partition coefficient (Wildman–Crippen LogP) is 2.36. The summed E-state index contributed by atoms with van der Waals surface area (Å²) in [5, 5.41) is 5.97. The molecule has 3 rings (SSSR count). The van der Waals surface area contributed by atoms with Gasteiger partial charge >= 0.3 is 6.09 Å². The van der Waals surface area contributed by atoms with E-state index in [9.17, 15) is 9.59 Å². The van der Waals surface area contributed by atoms with Gasteiger partial charge in [0.15, 0.2) is 0 Å². The molecule has 1 saturated heterocycles. The first-order chi connectivity index (χ1) is 12.7. The number of hydrogen-bond acceptors (Lipinski definition) is 5. The second kappa shape index (κ2) is 8.71. The zero-order valence-corrected chi connectivity index (χ0v) is 15.6. The minimum absolute atomic E-state index is 0.0647. The van der Waals surface area contributed by atoms with Gasteiger partial charge in [0.2, 0.25) is 5.91 Å². The summed E-state index contributed by atoms with van der Waals surface area (Å²) in [5.41, 5.74) is 1.000. The molecule has 1 N–H and O–H groups in total. The van der Waals surface area contributed by atoms with Crippen molar-refractivity contribution in [2.45, 2.75) is 12.5 Å². The van der Waals surface area contributed by atoms with Crippen LogP contribution in [-0.2, 0) is 16.0 Å². The standard InChI is InChI=1S/C19H23N3O3S/c1-25-19(24)20-16(14-15-6-3-2-4-7-15)18(23)22-11-9-21(10-12-22)17-8-5-13-26-17/h2-8,13,16H,9-12,14H2,1H3,(H,20,24). The third kappa shape index (κ3) is 4.54. The average molecular weight is 373 g/mol.